The second kappa shape index (κ2) is 9.37. The van der Waals surface area contributed by atoms with Crippen molar-refractivity contribution in [2.75, 3.05) is 6.54 Å². The highest BCUT2D eigenvalue weighted by molar-refractivity contribution is 7.77. The predicted molar refractivity (Wildman–Crippen MR) is 119 cm³/mol. The van der Waals surface area contributed by atoms with Crippen LogP contribution in [0, 0.1) is 17.0 Å². The highest BCUT2D eigenvalue weighted by Gasteiger charge is 2.30. The van der Waals surface area contributed by atoms with Crippen molar-refractivity contribution >= 4 is 29.1 Å². The lowest BCUT2D eigenvalue weighted by atomic mass is 10.0. The van der Waals surface area contributed by atoms with Crippen molar-refractivity contribution in [2.24, 2.45) is 4.99 Å². The minimum atomic E-state index is -0.870. The van der Waals surface area contributed by atoms with E-state index in [0.29, 0.717) is 12.1 Å². The van der Waals surface area contributed by atoms with Crippen LogP contribution >= 0.6 is 0 Å². The fourth-order valence-electron chi connectivity index (χ4n) is 3.19. The predicted octanol–water partition coefficient (Wildman–Crippen LogP) is 4.25. The molecule has 0 fully saturated rings. The molecular weight excluding hydrogens is 398 g/mol. The summed E-state index contributed by atoms with van der Waals surface area (Å²) >= 11 is 5.46. The molecule has 7 heteroatoms. The van der Waals surface area contributed by atoms with Gasteiger partial charge in [0.1, 0.15) is 0 Å². The molecule has 0 aliphatic carbocycles. The lowest BCUT2D eigenvalue weighted by Crippen LogP contribution is -2.47. The third kappa shape index (κ3) is 4.58. The Morgan fingerprint density at radius 1 is 1.13 bits per heavy atom. The molecule has 2 aromatic carbocycles. The molecule has 1 atom stereocenters. The van der Waals surface area contributed by atoms with Crippen molar-refractivity contribution in [3.05, 3.63) is 94.3 Å². The van der Waals surface area contributed by atoms with Crippen LogP contribution in [0.5, 0.6) is 0 Å². The summed E-state index contributed by atoms with van der Waals surface area (Å²) < 4.78 is 1.72. The second-order valence-electron chi connectivity index (χ2n) is 6.74. The normalized spacial score (nSPS) is 12.4. The maximum atomic E-state index is 13.4. The molecule has 0 bridgehead atoms. The number of rotatable bonds is 7. The number of pyridine rings is 1. The first-order valence-corrected chi connectivity index (χ1v) is 9.90. The van der Waals surface area contributed by atoms with Gasteiger partial charge in [0.05, 0.1) is 4.92 Å². The standard InChI is InChI=1S/C23H21N3O3S/c1-3-24-23(30)21(22(27)18-12-11-16(2)20(14-18)26(28)29)25-13-7-10-19(15-25)17-8-5-4-6-9-17/h4-15,21H,3H2,1-2H3. The molecule has 0 amide bonds. The first-order valence-electron chi connectivity index (χ1n) is 9.49. The minimum Gasteiger partial charge on any atom is -0.758 e. The van der Waals surface area contributed by atoms with Crippen molar-refractivity contribution in [1.82, 2.24) is 0 Å². The van der Waals surface area contributed by atoms with Crippen LogP contribution in [0.4, 0.5) is 5.69 Å². The lowest BCUT2D eigenvalue weighted by molar-refractivity contribution is -0.691. The molecule has 0 spiro atoms. The number of aliphatic imine (C=N–C) groups is 1. The number of nitro groups is 1. The molecule has 0 saturated heterocycles. The summed E-state index contributed by atoms with van der Waals surface area (Å²) in [6.07, 6.45) is 3.60. The average molecular weight is 420 g/mol. The van der Waals surface area contributed by atoms with Crippen LogP contribution in [-0.2, 0) is 12.6 Å². The molecule has 30 heavy (non-hydrogen) atoms. The monoisotopic (exact) mass is 419 g/mol. The first-order chi connectivity index (χ1) is 14.4. The fraction of sp³-hybridized carbons (Fsp3) is 0.174. The molecule has 0 aliphatic rings. The Morgan fingerprint density at radius 2 is 1.83 bits per heavy atom. The molecule has 1 aromatic heterocycles. The summed E-state index contributed by atoms with van der Waals surface area (Å²) in [6.45, 7) is 3.92. The van der Waals surface area contributed by atoms with Crippen LogP contribution in [-0.4, -0.2) is 22.3 Å². The van der Waals surface area contributed by atoms with Crippen molar-refractivity contribution in [3.8, 4) is 11.1 Å². The summed E-state index contributed by atoms with van der Waals surface area (Å²) in [4.78, 5) is 28.5. The summed E-state index contributed by atoms with van der Waals surface area (Å²) in [5.41, 5.74) is 2.55. The Morgan fingerprint density at radius 3 is 2.50 bits per heavy atom. The SMILES string of the molecule is CCN=C([S-])C(C(=O)c1ccc(C)c([N+](=O)[O-])c1)[n+]1cccc(-c2ccccc2)c1. The van der Waals surface area contributed by atoms with E-state index in [1.54, 1.807) is 29.8 Å². The van der Waals surface area contributed by atoms with E-state index in [9.17, 15) is 14.9 Å². The van der Waals surface area contributed by atoms with E-state index >= 15 is 0 Å². The third-order valence-electron chi connectivity index (χ3n) is 4.71. The lowest BCUT2D eigenvalue weighted by Gasteiger charge is -2.19. The fourth-order valence-corrected chi connectivity index (χ4v) is 3.55. The maximum absolute atomic E-state index is 13.4. The van der Waals surface area contributed by atoms with Gasteiger partial charge in [0, 0.05) is 35.4 Å². The zero-order valence-corrected chi connectivity index (χ0v) is 17.5. The van der Waals surface area contributed by atoms with Gasteiger partial charge in [-0.25, -0.2) is 0 Å². The summed E-state index contributed by atoms with van der Waals surface area (Å²) in [6, 6.07) is 17.2. The van der Waals surface area contributed by atoms with Gasteiger partial charge in [-0.15, -0.1) is 0 Å². The van der Waals surface area contributed by atoms with Crippen molar-refractivity contribution in [1.29, 1.82) is 0 Å². The highest BCUT2D eigenvalue weighted by Crippen LogP contribution is 2.23. The molecule has 0 N–H and O–H groups in total. The van der Waals surface area contributed by atoms with Gasteiger partial charge < -0.3 is 17.6 Å². The number of nitrogens with zero attached hydrogens (tertiary/aromatic N) is 3. The van der Waals surface area contributed by atoms with Crippen LogP contribution in [0.25, 0.3) is 11.1 Å². The molecule has 0 aliphatic heterocycles. The van der Waals surface area contributed by atoms with Gasteiger partial charge in [0.15, 0.2) is 12.4 Å². The molecule has 3 aromatic rings. The van der Waals surface area contributed by atoms with Crippen LogP contribution in [0.3, 0.4) is 0 Å². The molecule has 1 heterocycles. The van der Waals surface area contributed by atoms with E-state index in [1.807, 2.05) is 55.6 Å². The number of aryl methyl sites for hydroxylation is 1. The Labute approximate surface area is 180 Å². The van der Waals surface area contributed by atoms with Gasteiger partial charge in [0.25, 0.3) is 5.69 Å². The van der Waals surface area contributed by atoms with Gasteiger partial charge in [-0.1, -0.05) is 42.5 Å². The Hall–Kier alpha value is -3.45. The Bertz CT molecular complexity index is 1110. The molecule has 0 saturated carbocycles. The van der Waals surface area contributed by atoms with E-state index in [2.05, 4.69) is 4.99 Å². The minimum absolute atomic E-state index is 0.0963. The van der Waals surface area contributed by atoms with Crippen molar-refractivity contribution < 1.29 is 14.3 Å². The molecule has 6 nitrogen and oxygen atoms in total. The number of aromatic nitrogens is 1. The van der Waals surface area contributed by atoms with Crippen LogP contribution in [0.2, 0.25) is 0 Å². The van der Waals surface area contributed by atoms with E-state index in [0.717, 1.165) is 11.1 Å². The molecule has 1 unspecified atom stereocenters. The quantitative estimate of drug-likeness (QED) is 0.109. The van der Waals surface area contributed by atoms with E-state index in [1.165, 1.54) is 6.07 Å². The van der Waals surface area contributed by atoms with Gasteiger partial charge >= 0.3 is 0 Å². The van der Waals surface area contributed by atoms with Gasteiger partial charge in [-0.3, -0.25) is 14.9 Å². The van der Waals surface area contributed by atoms with Crippen LogP contribution in [0.1, 0.15) is 28.9 Å². The highest BCUT2D eigenvalue weighted by atomic mass is 32.1. The largest absolute Gasteiger partial charge is 0.758 e. The smallest absolute Gasteiger partial charge is 0.273 e. The van der Waals surface area contributed by atoms with Gasteiger partial charge in [0.2, 0.25) is 11.8 Å². The van der Waals surface area contributed by atoms with E-state index < -0.39 is 11.0 Å². The van der Waals surface area contributed by atoms with Gasteiger partial charge in [-0.2, -0.15) is 4.57 Å². The number of nitro benzene ring substituents is 1. The second-order valence-corrected chi connectivity index (χ2v) is 7.16. The summed E-state index contributed by atoms with van der Waals surface area (Å²) in [5.74, 6) is -0.337. The number of carbonyl (C=O) groups excluding carboxylic acids is 1. The Kier molecular flexibility index (Phi) is 6.64. The zero-order chi connectivity index (χ0) is 21.7. The number of ketones is 1. The van der Waals surface area contributed by atoms with Crippen LogP contribution in [0.15, 0.2) is 78.0 Å². The number of benzene rings is 2. The van der Waals surface area contributed by atoms with E-state index in [4.69, 9.17) is 12.6 Å². The number of hydrogen-bond donors (Lipinski definition) is 0. The van der Waals surface area contributed by atoms with Crippen LogP contribution < -0.4 is 4.57 Å². The Balaban J connectivity index is 2.09. The molecule has 3 rings (SSSR count). The third-order valence-corrected chi connectivity index (χ3v) is 5.07. The zero-order valence-electron chi connectivity index (χ0n) is 16.7. The maximum Gasteiger partial charge on any atom is 0.273 e. The average Bonchev–Trinajstić information content (AvgIpc) is 2.75. The number of carbonyl (C=O) groups is 1. The topological polar surface area (TPSA) is 76.4 Å². The van der Waals surface area contributed by atoms with Crippen molar-refractivity contribution in [2.45, 2.75) is 19.9 Å². The number of Topliss-reactive ketones (excluding diaryl/α,β-unsaturated/α-hetero) is 1. The molecule has 0 radical (unpaired) electrons. The summed E-state index contributed by atoms with van der Waals surface area (Å²) in [7, 11) is 0. The van der Waals surface area contributed by atoms with E-state index in [-0.39, 0.29) is 22.1 Å². The summed E-state index contributed by atoms with van der Waals surface area (Å²) in [5, 5.41) is 11.6. The van der Waals surface area contributed by atoms with Crippen molar-refractivity contribution in [3.63, 3.8) is 0 Å². The number of hydrogen-bond acceptors (Lipinski definition) is 5. The molecular formula is C23H21N3O3S. The van der Waals surface area contributed by atoms with Gasteiger partial charge in [-0.05, 0) is 30.5 Å². The first kappa shape index (κ1) is 21.3. The molecule has 152 valence electrons.